The molecule has 1 aliphatic rings. The fraction of sp³-hybridized carbons (Fsp3) is 0.500. The maximum absolute atomic E-state index is 10.2. The van der Waals surface area contributed by atoms with Crippen molar-refractivity contribution in [1.29, 1.82) is 0 Å². The first-order chi connectivity index (χ1) is 6.21. The number of halogens is 2. The molecule has 3 nitrogen and oxygen atoms in total. The zero-order valence-electron chi connectivity index (χ0n) is 8.56. The van der Waals surface area contributed by atoms with Crippen LogP contribution in [0, 0.1) is 6.92 Å². The lowest BCUT2D eigenvalue weighted by molar-refractivity contribution is 0.0584. The van der Waals surface area contributed by atoms with Gasteiger partial charge in [0, 0.05) is 24.0 Å². The molecule has 1 fully saturated rings. The summed E-state index contributed by atoms with van der Waals surface area (Å²) >= 11 is 0. The predicted molar refractivity (Wildman–Crippen MR) is 64.9 cm³/mol. The third-order valence-electron chi connectivity index (χ3n) is 2.58. The van der Waals surface area contributed by atoms with Gasteiger partial charge < -0.3 is 10.4 Å². The Hall–Kier alpha value is -0.350. The van der Waals surface area contributed by atoms with E-state index in [1.807, 2.05) is 19.1 Å². The lowest BCUT2D eigenvalue weighted by Gasteiger charge is -2.21. The molecule has 15 heavy (non-hydrogen) atoms. The van der Waals surface area contributed by atoms with E-state index in [0.717, 1.165) is 24.2 Å². The molecule has 0 bridgehead atoms. The van der Waals surface area contributed by atoms with Crippen LogP contribution >= 0.6 is 24.8 Å². The SMILES string of the molecule is Cc1ccc(C2(O)CCNC2)cn1.Cl.Cl. The van der Waals surface area contributed by atoms with Gasteiger partial charge in [-0.25, -0.2) is 0 Å². The van der Waals surface area contributed by atoms with Gasteiger partial charge in [-0.3, -0.25) is 4.98 Å². The number of aliphatic hydroxyl groups is 1. The molecule has 0 aliphatic carbocycles. The standard InChI is InChI=1S/C10H14N2O.2ClH/c1-8-2-3-9(6-12-8)10(13)4-5-11-7-10;;/h2-3,6,11,13H,4-5,7H2,1H3;2*1H. The van der Waals surface area contributed by atoms with Crippen LogP contribution in [0.4, 0.5) is 0 Å². The number of hydrogen-bond acceptors (Lipinski definition) is 3. The Kier molecular flexibility index (Phi) is 5.53. The molecule has 0 spiro atoms. The molecule has 1 saturated heterocycles. The molecule has 5 heteroatoms. The van der Waals surface area contributed by atoms with Crippen molar-refractivity contribution in [2.24, 2.45) is 0 Å². The van der Waals surface area contributed by atoms with Gasteiger partial charge in [0.25, 0.3) is 0 Å². The van der Waals surface area contributed by atoms with Crippen molar-refractivity contribution < 1.29 is 5.11 Å². The molecule has 1 unspecified atom stereocenters. The number of β-amino-alcohol motifs (C(OH)–C–C–N with tert-alkyl or cyclic N) is 1. The molecule has 1 aromatic rings. The van der Waals surface area contributed by atoms with Crippen LogP contribution in [-0.4, -0.2) is 23.2 Å². The second-order valence-corrected chi connectivity index (χ2v) is 3.65. The minimum absolute atomic E-state index is 0. The van der Waals surface area contributed by atoms with Crippen molar-refractivity contribution >= 4 is 24.8 Å². The highest BCUT2D eigenvalue weighted by atomic mass is 35.5. The summed E-state index contributed by atoms with van der Waals surface area (Å²) in [5, 5.41) is 13.3. The van der Waals surface area contributed by atoms with E-state index < -0.39 is 5.60 Å². The largest absolute Gasteiger partial charge is 0.384 e. The Labute approximate surface area is 102 Å². The molecule has 1 atom stereocenters. The minimum Gasteiger partial charge on any atom is -0.384 e. The Bertz CT molecular complexity index is 297. The van der Waals surface area contributed by atoms with Gasteiger partial charge in [0.2, 0.25) is 0 Å². The van der Waals surface area contributed by atoms with Gasteiger partial charge in [-0.15, -0.1) is 24.8 Å². The molecule has 86 valence electrons. The average molecular weight is 251 g/mol. The highest BCUT2D eigenvalue weighted by molar-refractivity contribution is 5.85. The first-order valence-electron chi connectivity index (χ1n) is 4.57. The van der Waals surface area contributed by atoms with Crippen molar-refractivity contribution in [2.45, 2.75) is 18.9 Å². The van der Waals surface area contributed by atoms with E-state index in [-0.39, 0.29) is 24.8 Å². The summed E-state index contributed by atoms with van der Waals surface area (Å²) in [6.07, 6.45) is 2.54. The fourth-order valence-corrected chi connectivity index (χ4v) is 1.67. The summed E-state index contributed by atoms with van der Waals surface area (Å²) in [6.45, 7) is 3.46. The van der Waals surface area contributed by atoms with Gasteiger partial charge in [-0.05, 0) is 26.0 Å². The van der Waals surface area contributed by atoms with Crippen LogP contribution in [-0.2, 0) is 5.60 Å². The first kappa shape index (κ1) is 14.6. The molecule has 2 heterocycles. The van der Waals surface area contributed by atoms with E-state index in [1.54, 1.807) is 6.20 Å². The Morgan fingerprint density at radius 3 is 2.60 bits per heavy atom. The average Bonchev–Trinajstić information content (AvgIpc) is 2.54. The molecule has 1 aromatic heterocycles. The Balaban J connectivity index is 0.000000980. The minimum atomic E-state index is -0.694. The van der Waals surface area contributed by atoms with Crippen LogP contribution < -0.4 is 5.32 Å². The van der Waals surface area contributed by atoms with E-state index >= 15 is 0 Å². The summed E-state index contributed by atoms with van der Waals surface area (Å²) in [5.74, 6) is 0. The van der Waals surface area contributed by atoms with Crippen LogP contribution in [0.5, 0.6) is 0 Å². The van der Waals surface area contributed by atoms with Crippen molar-refractivity contribution in [3.63, 3.8) is 0 Å². The Morgan fingerprint density at radius 2 is 2.13 bits per heavy atom. The quantitative estimate of drug-likeness (QED) is 0.793. The summed E-state index contributed by atoms with van der Waals surface area (Å²) in [6, 6.07) is 3.89. The van der Waals surface area contributed by atoms with Gasteiger partial charge in [0.1, 0.15) is 5.60 Å². The van der Waals surface area contributed by atoms with Crippen LogP contribution in [0.2, 0.25) is 0 Å². The molecule has 1 aliphatic heterocycles. The zero-order valence-corrected chi connectivity index (χ0v) is 10.2. The number of nitrogens with one attached hydrogen (secondary N) is 1. The summed E-state index contributed by atoms with van der Waals surface area (Å²) in [7, 11) is 0. The number of rotatable bonds is 1. The smallest absolute Gasteiger partial charge is 0.105 e. The third kappa shape index (κ3) is 3.05. The van der Waals surface area contributed by atoms with Crippen LogP contribution in [0.1, 0.15) is 17.7 Å². The van der Waals surface area contributed by atoms with E-state index in [2.05, 4.69) is 10.3 Å². The van der Waals surface area contributed by atoms with Crippen molar-refractivity contribution in [1.82, 2.24) is 10.3 Å². The molecular formula is C10H16Cl2N2O. The normalized spacial score (nSPS) is 24.1. The topological polar surface area (TPSA) is 45.1 Å². The lowest BCUT2D eigenvalue weighted by atomic mass is 9.94. The second kappa shape index (κ2) is 5.66. The fourth-order valence-electron chi connectivity index (χ4n) is 1.67. The second-order valence-electron chi connectivity index (χ2n) is 3.65. The van der Waals surface area contributed by atoms with Gasteiger partial charge in [0.05, 0.1) is 0 Å². The van der Waals surface area contributed by atoms with E-state index in [9.17, 15) is 5.11 Å². The number of pyridine rings is 1. The predicted octanol–water partition coefficient (Wildman–Crippen LogP) is 1.41. The summed E-state index contributed by atoms with van der Waals surface area (Å²) in [4.78, 5) is 4.18. The molecule has 0 radical (unpaired) electrons. The molecule has 2 N–H and O–H groups in total. The zero-order chi connectivity index (χ0) is 9.31. The monoisotopic (exact) mass is 250 g/mol. The highest BCUT2D eigenvalue weighted by Crippen LogP contribution is 2.26. The van der Waals surface area contributed by atoms with Gasteiger partial charge in [-0.2, -0.15) is 0 Å². The van der Waals surface area contributed by atoms with Crippen molar-refractivity contribution in [3.05, 3.63) is 29.6 Å². The number of aromatic nitrogens is 1. The molecule has 2 rings (SSSR count). The van der Waals surface area contributed by atoms with Crippen molar-refractivity contribution in [2.75, 3.05) is 13.1 Å². The van der Waals surface area contributed by atoms with E-state index in [1.165, 1.54) is 0 Å². The van der Waals surface area contributed by atoms with Gasteiger partial charge >= 0.3 is 0 Å². The van der Waals surface area contributed by atoms with Gasteiger partial charge in [-0.1, -0.05) is 6.07 Å². The molecule has 0 saturated carbocycles. The summed E-state index contributed by atoms with van der Waals surface area (Å²) in [5.41, 5.74) is 1.21. The van der Waals surface area contributed by atoms with Crippen LogP contribution in [0.25, 0.3) is 0 Å². The van der Waals surface area contributed by atoms with Crippen molar-refractivity contribution in [3.8, 4) is 0 Å². The Morgan fingerprint density at radius 1 is 1.40 bits per heavy atom. The van der Waals surface area contributed by atoms with Crippen LogP contribution in [0.15, 0.2) is 18.3 Å². The highest BCUT2D eigenvalue weighted by Gasteiger charge is 2.32. The maximum atomic E-state index is 10.2. The molecule has 0 amide bonds. The lowest BCUT2D eigenvalue weighted by Crippen LogP contribution is -2.28. The maximum Gasteiger partial charge on any atom is 0.105 e. The van der Waals surface area contributed by atoms with Crippen LogP contribution in [0.3, 0.4) is 0 Å². The van der Waals surface area contributed by atoms with Gasteiger partial charge in [0.15, 0.2) is 0 Å². The number of nitrogens with zero attached hydrogens (tertiary/aromatic N) is 1. The molecular weight excluding hydrogens is 235 g/mol. The van der Waals surface area contributed by atoms with E-state index in [0.29, 0.717) is 6.54 Å². The third-order valence-corrected chi connectivity index (χ3v) is 2.58. The van der Waals surface area contributed by atoms with E-state index in [4.69, 9.17) is 0 Å². The molecule has 0 aromatic carbocycles. The number of hydrogen-bond donors (Lipinski definition) is 2. The first-order valence-corrected chi connectivity index (χ1v) is 4.57. The summed E-state index contributed by atoms with van der Waals surface area (Å²) < 4.78 is 0. The number of aryl methyl sites for hydroxylation is 1.